The van der Waals surface area contributed by atoms with E-state index in [1.165, 1.54) is 5.56 Å². The predicted octanol–water partition coefficient (Wildman–Crippen LogP) is 4.55. The average molecular weight is 312 g/mol. The third kappa shape index (κ3) is 3.17. The highest BCUT2D eigenvalue weighted by Crippen LogP contribution is 2.27. The van der Waals surface area contributed by atoms with Crippen molar-refractivity contribution in [3.63, 3.8) is 0 Å². The quantitative estimate of drug-likeness (QED) is 0.878. The van der Waals surface area contributed by atoms with Crippen molar-refractivity contribution in [2.45, 2.75) is 33.2 Å². The van der Waals surface area contributed by atoms with Crippen molar-refractivity contribution < 1.29 is 0 Å². The van der Waals surface area contributed by atoms with Gasteiger partial charge in [-0.1, -0.05) is 30.1 Å². The maximum Gasteiger partial charge on any atom is 0.0836 e. The maximum absolute atomic E-state index is 6.25. The predicted molar refractivity (Wildman–Crippen MR) is 85.0 cm³/mol. The van der Waals surface area contributed by atoms with Crippen LogP contribution in [0.1, 0.15) is 37.6 Å². The minimum Gasteiger partial charge on any atom is -0.310 e. The van der Waals surface area contributed by atoms with Crippen molar-refractivity contribution in [2.75, 3.05) is 6.54 Å². The second-order valence-electron chi connectivity index (χ2n) is 4.87. The monoisotopic (exact) mass is 311 g/mol. The molecule has 0 spiro atoms. The van der Waals surface area contributed by atoms with E-state index in [1.54, 1.807) is 6.07 Å². The minimum absolute atomic E-state index is 0.273. The number of aromatic nitrogens is 2. The number of rotatable bonds is 5. The van der Waals surface area contributed by atoms with Crippen molar-refractivity contribution in [3.8, 4) is 5.69 Å². The van der Waals surface area contributed by atoms with Crippen LogP contribution in [0.15, 0.2) is 24.4 Å². The first kappa shape index (κ1) is 15.4. The van der Waals surface area contributed by atoms with Crippen LogP contribution in [0.25, 0.3) is 5.69 Å². The lowest BCUT2D eigenvalue weighted by Gasteiger charge is -2.13. The van der Waals surface area contributed by atoms with Crippen LogP contribution in [-0.4, -0.2) is 16.3 Å². The lowest BCUT2D eigenvalue weighted by molar-refractivity contribution is 0.568. The van der Waals surface area contributed by atoms with Crippen molar-refractivity contribution in [1.29, 1.82) is 0 Å². The molecule has 0 radical (unpaired) electrons. The fourth-order valence-corrected chi connectivity index (χ4v) is 2.70. The zero-order valence-corrected chi connectivity index (χ0v) is 13.5. The van der Waals surface area contributed by atoms with Gasteiger partial charge in [0.2, 0.25) is 0 Å². The normalized spacial score (nSPS) is 12.7. The van der Waals surface area contributed by atoms with E-state index in [4.69, 9.17) is 23.2 Å². The summed E-state index contributed by atoms with van der Waals surface area (Å²) in [5, 5.41) is 9.15. The van der Waals surface area contributed by atoms with Gasteiger partial charge in [-0.25, -0.2) is 4.68 Å². The van der Waals surface area contributed by atoms with E-state index in [1.807, 2.05) is 23.0 Å². The number of nitrogens with zero attached hydrogens (tertiary/aromatic N) is 2. The van der Waals surface area contributed by atoms with Crippen molar-refractivity contribution in [2.24, 2.45) is 0 Å². The summed E-state index contributed by atoms with van der Waals surface area (Å²) in [4.78, 5) is 0. The molecule has 0 amide bonds. The zero-order valence-electron chi connectivity index (χ0n) is 12.0. The summed E-state index contributed by atoms with van der Waals surface area (Å²) in [5.41, 5.74) is 3.12. The summed E-state index contributed by atoms with van der Waals surface area (Å²) >= 11 is 12.2. The molecule has 1 atom stereocenters. The molecule has 1 heterocycles. The van der Waals surface area contributed by atoms with E-state index in [2.05, 4.69) is 31.2 Å². The highest BCUT2D eigenvalue weighted by molar-refractivity contribution is 6.35. The third-order valence-corrected chi connectivity index (χ3v) is 3.89. The molecule has 0 saturated carbocycles. The molecule has 0 aliphatic heterocycles. The second kappa shape index (κ2) is 6.61. The molecule has 1 aromatic carbocycles. The highest BCUT2D eigenvalue weighted by Gasteiger charge is 2.15. The first-order valence-electron chi connectivity index (χ1n) is 6.78. The van der Waals surface area contributed by atoms with E-state index in [0.29, 0.717) is 10.0 Å². The molecule has 5 heteroatoms. The van der Waals surface area contributed by atoms with E-state index in [0.717, 1.165) is 24.3 Å². The fourth-order valence-electron chi connectivity index (χ4n) is 2.21. The lowest BCUT2D eigenvalue weighted by Crippen LogP contribution is -2.19. The van der Waals surface area contributed by atoms with Crippen LogP contribution >= 0.6 is 23.2 Å². The molecule has 2 rings (SSSR count). The Morgan fingerprint density at radius 2 is 2.10 bits per heavy atom. The van der Waals surface area contributed by atoms with Gasteiger partial charge >= 0.3 is 0 Å². The van der Waals surface area contributed by atoms with Gasteiger partial charge in [-0.05, 0) is 45.0 Å². The van der Waals surface area contributed by atoms with Gasteiger partial charge in [-0.15, -0.1) is 0 Å². The van der Waals surface area contributed by atoms with Gasteiger partial charge in [-0.2, -0.15) is 5.10 Å². The smallest absolute Gasteiger partial charge is 0.0836 e. The van der Waals surface area contributed by atoms with E-state index in [9.17, 15) is 0 Å². The van der Waals surface area contributed by atoms with Crippen LogP contribution in [0.5, 0.6) is 0 Å². The molecular weight excluding hydrogens is 293 g/mol. The average Bonchev–Trinajstić information content (AvgIpc) is 2.78. The molecule has 2 aromatic rings. The number of benzene rings is 1. The number of hydrogen-bond acceptors (Lipinski definition) is 2. The van der Waals surface area contributed by atoms with Gasteiger partial charge in [0.1, 0.15) is 0 Å². The van der Waals surface area contributed by atoms with Gasteiger partial charge in [-0.3, -0.25) is 0 Å². The van der Waals surface area contributed by atoms with E-state index >= 15 is 0 Å². The summed E-state index contributed by atoms with van der Waals surface area (Å²) in [7, 11) is 0. The van der Waals surface area contributed by atoms with Crippen LogP contribution in [0.4, 0.5) is 0 Å². The van der Waals surface area contributed by atoms with Gasteiger partial charge in [0, 0.05) is 22.3 Å². The fraction of sp³-hybridized carbons (Fsp3) is 0.400. The Morgan fingerprint density at radius 3 is 2.75 bits per heavy atom. The molecular formula is C15H19Cl2N3. The van der Waals surface area contributed by atoms with Gasteiger partial charge in [0.25, 0.3) is 0 Å². The molecule has 0 aliphatic rings. The van der Waals surface area contributed by atoms with Crippen LogP contribution in [0.2, 0.25) is 10.0 Å². The van der Waals surface area contributed by atoms with Crippen molar-refractivity contribution in [1.82, 2.24) is 15.1 Å². The number of nitrogens with one attached hydrogen (secondary N) is 1. The highest BCUT2D eigenvalue weighted by atomic mass is 35.5. The van der Waals surface area contributed by atoms with Crippen molar-refractivity contribution >= 4 is 23.2 Å². The topological polar surface area (TPSA) is 29.9 Å². The standard InChI is InChI=1S/C15H19Cl2N3/c1-4-7-18-10(2)13-9-19-20(11(13)3)15-6-5-12(16)8-14(15)17/h5-6,8-10,18H,4,7H2,1-3H3. The van der Waals surface area contributed by atoms with Gasteiger partial charge in [0.15, 0.2) is 0 Å². The summed E-state index contributed by atoms with van der Waals surface area (Å²) in [6, 6.07) is 5.72. The molecule has 20 heavy (non-hydrogen) atoms. The molecule has 0 aliphatic carbocycles. The maximum atomic E-state index is 6.25. The summed E-state index contributed by atoms with van der Waals surface area (Å²) in [6.07, 6.45) is 3.01. The first-order valence-corrected chi connectivity index (χ1v) is 7.53. The molecule has 0 saturated heterocycles. The molecule has 1 aromatic heterocycles. The third-order valence-electron chi connectivity index (χ3n) is 3.35. The Hall–Kier alpha value is -1.03. The lowest BCUT2D eigenvalue weighted by atomic mass is 10.1. The first-order chi connectivity index (χ1) is 9.54. The SMILES string of the molecule is CCCNC(C)c1cnn(-c2ccc(Cl)cc2Cl)c1C. The van der Waals surface area contributed by atoms with E-state index < -0.39 is 0 Å². The number of halogens is 2. The Balaban J connectivity index is 2.33. The molecule has 0 fully saturated rings. The Bertz CT molecular complexity index is 593. The molecule has 1 N–H and O–H groups in total. The number of hydrogen-bond donors (Lipinski definition) is 1. The largest absolute Gasteiger partial charge is 0.310 e. The van der Waals surface area contributed by atoms with Crippen LogP contribution in [0, 0.1) is 6.92 Å². The van der Waals surface area contributed by atoms with E-state index in [-0.39, 0.29) is 6.04 Å². The van der Waals surface area contributed by atoms with Crippen molar-refractivity contribution in [3.05, 3.63) is 45.7 Å². The van der Waals surface area contributed by atoms with Gasteiger partial charge < -0.3 is 5.32 Å². The second-order valence-corrected chi connectivity index (χ2v) is 5.71. The van der Waals surface area contributed by atoms with Crippen LogP contribution in [0.3, 0.4) is 0 Å². The molecule has 0 bridgehead atoms. The summed E-state index contributed by atoms with van der Waals surface area (Å²) in [5.74, 6) is 0. The van der Waals surface area contributed by atoms with Crippen LogP contribution in [-0.2, 0) is 0 Å². The summed E-state index contributed by atoms with van der Waals surface area (Å²) < 4.78 is 1.86. The Labute approximate surface area is 129 Å². The molecule has 1 unspecified atom stereocenters. The molecule has 3 nitrogen and oxygen atoms in total. The molecule has 108 valence electrons. The van der Waals surface area contributed by atoms with Gasteiger partial charge in [0.05, 0.1) is 16.9 Å². The zero-order chi connectivity index (χ0) is 14.7. The Morgan fingerprint density at radius 1 is 1.35 bits per heavy atom. The minimum atomic E-state index is 0.273. The Kier molecular flexibility index (Phi) is 5.08. The van der Waals surface area contributed by atoms with Crippen LogP contribution < -0.4 is 5.32 Å². The summed E-state index contributed by atoms with van der Waals surface area (Å²) in [6.45, 7) is 7.35.